The van der Waals surface area contributed by atoms with E-state index in [0.29, 0.717) is 44.1 Å². The highest BCUT2D eigenvalue weighted by molar-refractivity contribution is 6.36. The third-order valence-electron chi connectivity index (χ3n) is 7.89. The fourth-order valence-electron chi connectivity index (χ4n) is 5.23. The minimum absolute atomic E-state index is 0.222. The third kappa shape index (κ3) is 4.53. The monoisotopic (exact) mass is 543 g/mol. The Bertz CT molecular complexity index is 1480. The van der Waals surface area contributed by atoms with E-state index in [1.165, 1.54) is 19.3 Å². The summed E-state index contributed by atoms with van der Waals surface area (Å²) in [5.74, 6) is 0. The molecule has 38 heavy (non-hydrogen) atoms. The van der Waals surface area contributed by atoms with E-state index in [1.807, 2.05) is 41.5 Å². The van der Waals surface area contributed by atoms with Crippen molar-refractivity contribution >= 4 is 53.3 Å². The Balaban J connectivity index is 1.43. The van der Waals surface area contributed by atoms with Crippen LogP contribution in [-0.2, 0) is 5.44 Å². The zero-order valence-electron chi connectivity index (χ0n) is 21.1. The van der Waals surface area contributed by atoms with Crippen molar-refractivity contribution in [3.8, 4) is 6.07 Å². The van der Waals surface area contributed by atoms with Crippen LogP contribution in [0.1, 0.15) is 50.2 Å². The van der Waals surface area contributed by atoms with Crippen molar-refractivity contribution in [1.29, 1.82) is 5.26 Å². The SMILES string of the molecule is [B]C(Nc1cc(Cl)c2ncc(C#N)c(NCC3(C)CCC3)c2c1)(C1=CN(C2CC2)NN1)c1ccccc1Cl. The topological polar surface area (TPSA) is 88.0 Å². The molecule has 4 N–H and O–H groups in total. The fourth-order valence-corrected chi connectivity index (χ4v) is 5.79. The molecule has 2 radical (unpaired) electrons. The molecule has 0 spiro atoms. The summed E-state index contributed by atoms with van der Waals surface area (Å²) in [4.78, 5) is 4.50. The first-order valence-corrected chi connectivity index (χ1v) is 13.7. The molecule has 3 aliphatic rings. The van der Waals surface area contributed by atoms with Gasteiger partial charge in [0.2, 0.25) is 0 Å². The van der Waals surface area contributed by atoms with Crippen LogP contribution in [0.3, 0.4) is 0 Å². The molecule has 1 atom stereocenters. The van der Waals surface area contributed by atoms with Gasteiger partial charge in [-0.05, 0) is 54.9 Å². The smallest absolute Gasteiger partial charge is 0.119 e. The highest BCUT2D eigenvalue weighted by Gasteiger charge is 2.39. The number of anilines is 2. The zero-order valence-corrected chi connectivity index (χ0v) is 22.6. The predicted octanol–water partition coefficient (Wildman–Crippen LogP) is 5.78. The quantitative estimate of drug-likeness (QED) is 0.268. The molecule has 10 heteroatoms. The van der Waals surface area contributed by atoms with Gasteiger partial charge in [0.05, 0.1) is 32.9 Å². The number of benzene rings is 2. The normalized spacial score (nSPS) is 19.6. The molecule has 2 aromatic carbocycles. The standard InChI is InChI=1S/C28H28BCl2N7/c1-27(9-4-10-27)16-34-25-17(13-32)14-33-26-20(25)11-18(12-23(26)31)35-28(29,21-5-2-3-6-22(21)30)24-15-38(37-36-24)19-7-8-19/h2-3,5-6,11-12,14-15,19,35-37H,4,7-10,16H2,1H3,(H,33,34). The van der Waals surface area contributed by atoms with Crippen molar-refractivity contribution in [2.75, 3.05) is 17.2 Å². The summed E-state index contributed by atoms with van der Waals surface area (Å²) in [6, 6.07) is 14.0. The van der Waals surface area contributed by atoms with Crippen molar-refractivity contribution in [3.63, 3.8) is 0 Å². The van der Waals surface area contributed by atoms with Crippen LogP contribution in [0, 0.1) is 16.7 Å². The third-order valence-corrected chi connectivity index (χ3v) is 8.51. The van der Waals surface area contributed by atoms with Gasteiger partial charge < -0.3 is 16.1 Å². The number of hydrogen-bond acceptors (Lipinski definition) is 7. The molecule has 0 saturated heterocycles. The summed E-state index contributed by atoms with van der Waals surface area (Å²) in [5.41, 5.74) is 9.38. The van der Waals surface area contributed by atoms with E-state index < -0.39 is 5.44 Å². The molecule has 2 saturated carbocycles. The highest BCUT2D eigenvalue weighted by Crippen LogP contribution is 2.42. The van der Waals surface area contributed by atoms with Crippen LogP contribution in [0.4, 0.5) is 11.4 Å². The van der Waals surface area contributed by atoms with Gasteiger partial charge in [-0.15, -0.1) is 5.53 Å². The molecule has 6 rings (SSSR count). The maximum atomic E-state index is 9.86. The second kappa shape index (κ2) is 9.57. The van der Waals surface area contributed by atoms with Crippen molar-refractivity contribution < 1.29 is 0 Å². The van der Waals surface area contributed by atoms with Crippen LogP contribution < -0.4 is 21.6 Å². The Morgan fingerprint density at radius 1 is 1.24 bits per heavy atom. The summed E-state index contributed by atoms with van der Waals surface area (Å²) in [6.07, 6.45) is 9.38. The summed E-state index contributed by atoms with van der Waals surface area (Å²) in [7, 11) is 7.15. The van der Waals surface area contributed by atoms with Gasteiger partial charge in [0.15, 0.2) is 0 Å². The Labute approximate surface area is 233 Å². The lowest BCUT2D eigenvalue weighted by molar-refractivity contribution is 0.180. The van der Waals surface area contributed by atoms with Crippen LogP contribution in [-0.4, -0.2) is 30.4 Å². The van der Waals surface area contributed by atoms with E-state index in [0.717, 1.165) is 30.5 Å². The number of aromatic nitrogens is 1. The van der Waals surface area contributed by atoms with Gasteiger partial charge in [-0.2, -0.15) is 5.26 Å². The van der Waals surface area contributed by atoms with Gasteiger partial charge in [0, 0.05) is 41.1 Å². The van der Waals surface area contributed by atoms with Gasteiger partial charge in [-0.25, -0.2) is 0 Å². The number of nitriles is 1. The number of halogens is 2. The number of hydrogen-bond donors (Lipinski definition) is 4. The summed E-state index contributed by atoms with van der Waals surface area (Å²) >= 11 is 13.4. The average molecular weight is 544 g/mol. The second-order valence-corrected chi connectivity index (χ2v) is 11.7. The minimum atomic E-state index is -1.21. The van der Waals surface area contributed by atoms with E-state index in [2.05, 4.69) is 39.6 Å². The summed E-state index contributed by atoms with van der Waals surface area (Å²) in [5, 5.41) is 20.7. The molecule has 1 unspecified atom stereocenters. The van der Waals surface area contributed by atoms with Crippen molar-refractivity contribution in [1.82, 2.24) is 21.0 Å². The molecule has 2 fully saturated rings. The Kier molecular flexibility index (Phi) is 6.34. The van der Waals surface area contributed by atoms with Crippen LogP contribution in [0.2, 0.25) is 10.0 Å². The molecule has 2 heterocycles. The molecule has 1 aromatic heterocycles. The van der Waals surface area contributed by atoms with Crippen LogP contribution in [0.25, 0.3) is 10.9 Å². The number of fused-ring (bicyclic) bond motifs is 1. The van der Waals surface area contributed by atoms with Crippen molar-refractivity contribution in [2.24, 2.45) is 5.41 Å². The van der Waals surface area contributed by atoms with Crippen molar-refractivity contribution in [3.05, 3.63) is 75.7 Å². The van der Waals surface area contributed by atoms with Crippen LogP contribution >= 0.6 is 23.2 Å². The molecule has 1 aliphatic heterocycles. The van der Waals surface area contributed by atoms with Gasteiger partial charge in [0.25, 0.3) is 0 Å². The first-order chi connectivity index (χ1) is 18.3. The Hall–Kier alpha value is -3.12. The number of rotatable bonds is 8. The van der Waals surface area contributed by atoms with E-state index >= 15 is 0 Å². The molecular formula is C28H28BCl2N7. The molecule has 2 aliphatic carbocycles. The molecule has 7 nitrogen and oxygen atoms in total. The van der Waals surface area contributed by atoms with E-state index in [1.54, 1.807) is 12.3 Å². The van der Waals surface area contributed by atoms with E-state index in [9.17, 15) is 5.26 Å². The molecule has 0 bridgehead atoms. The lowest BCUT2D eigenvalue weighted by atomic mass is 9.69. The lowest BCUT2D eigenvalue weighted by Crippen LogP contribution is -2.45. The van der Waals surface area contributed by atoms with Gasteiger partial charge in [0.1, 0.15) is 13.9 Å². The van der Waals surface area contributed by atoms with Crippen LogP contribution in [0.5, 0.6) is 0 Å². The fraction of sp³-hybridized carbons (Fsp3) is 0.357. The Morgan fingerprint density at radius 2 is 2.03 bits per heavy atom. The minimum Gasteiger partial charge on any atom is -0.383 e. The number of nitrogens with one attached hydrogen (secondary N) is 4. The molecule has 3 aromatic rings. The van der Waals surface area contributed by atoms with Gasteiger partial charge in [-0.1, -0.05) is 54.7 Å². The number of pyridine rings is 1. The lowest BCUT2D eigenvalue weighted by Gasteiger charge is -2.39. The summed E-state index contributed by atoms with van der Waals surface area (Å²) in [6.45, 7) is 3.04. The molecule has 192 valence electrons. The number of hydrazine groups is 2. The molecular weight excluding hydrogens is 516 g/mol. The van der Waals surface area contributed by atoms with Gasteiger partial charge >= 0.3 is 0 Å². The Morgan fingerprint density at radius 3 is 2.71 bits per heavy atom. The molecule has 0 amide bonds. The van der Waals surface area contributed by atoms with Gasteiger partial charge in [-0.3, -0.25) is 9.99 Å². The number of nitrogens with zero attached hydrogens (tertiary/aromatic N) is 3. The first-order valence-electron chi connectivity index (χ1n) is 12.9. The first kappa shape index (κ1) is 25.2. The van der Waals surface area contributed by atoms with E-state index in [4.69, 9.17) is 31.0 Å². The maximum absolute atomic E-state index is 9.86. The maximum Gasteiger partial charge on any atom is 0.119 e. The highest BCUT2D eigenvalue weighted by atomic mass is 35.5. The summed E-state index contributed by atoms with van der Waals surface area (Å²) < 4.78 is 0. The largest absolute Gasteiger partial charge is 0.383 e. The van der Waals surface area contributed by atoms with E-state index in [-0.39, 0.29) is 5.41 Å². The van der Waals surface area contributed by atoms with Crippen LogP contribution in [0.15, 0.2) is 54.5 Å². The average Bonchev–Trinajstić information content (AvgIpc) is 3.61. The predicted molar refractivity (Wildman–Crippen MR) is 154 cm³/mol. The zero-order chi connectivity index (χ0) is 26.5. The second-order valence-electron chi connectivity index (χ2n) is 10.9. The van der Waals surface area contributed by atoms with Crippen molar-refractivity contribution in [2.45, 2.75) is 50.5 Å².